The third-order valence-electron chi connectivity index (χ3n) is 6.61. The van der Waals surface area contributed by atoms with E-state index in [1.54, 1.807) is 31.2 Å². The van der Waals surface area contributed by atoms with E-state index in [4.69, 9.17) is 9.47 Å². The number of fused-ring (bicyclic) bond motifs is 4. The van der Waals surface area contributed by atoms with Crippen LogP contribution < -0.4 is 4.90 Å². The number of piperazine rings is 1. The van der Waals surface area contributed by atoms with E-state index < -0.39 is 65.7 Å². The summed E-state index contributed by atoms with van der Waals surface area (Å²) < 4.78 is 12.0. The zero-order valence-electron chi connectivity index (χ0n) is 17.2. The molecular formula is C21H26N2O7. The molecule has 4 aliphatic rings. The monoisotopic (exact) mass is 418 g/mol. The summed E-state index contributed by atoms with van der Waals surface area (Å²) >= 11 is 0. The third-order valence-corrected chi connectivity index (χ3v) is 6.61. The molecule has 2 amide bonds. The van der Waals surface area contributed by atoms with E-state index in [0.29, 0.717) is 5.56 Å². The van der Waals surface area contributed by atoms with Gasteiger partial charge in [-0.25, -0.2) is 0 Å². The number of aliphatic hydroxyl groups is 3. The fourth-order valence-corrected chi connectivity index (χ4v) is 5.25. The van der Waals surface area contributed by atoms with Crippen LogP contribution in [0.1, 0.15) is 39.4 Å². The summed E-state index contributed by atoms with van der Waals surface area (Å²) in [6.45, 7) is 7.41. The minimum absolute atomic E-state index is 0.280. The average Bonchev–Trinajstić information content (AvgIpc) is 3.13. The molecule has 0 radical (unpaired) electrons. The molecule has 3 N–H and O–H groups in total. The van der Waals surface area contributed by atoms with Gasteiger partial charge >= 0.3 is 0 Å². The van der Waals surface area contributed by atoms with Gasteiger partial charge in [0.2, 0.25) is 0 Å². The van der Waals surface area contributed by atoms with Gasteiger partial charge in [-0.3, -0.25) is 19.4 Å². The smallest absolute Gasteiger partial charge is 0.282 e. The van der Waals surface area contributed by atoms with Gasteiger partial charge in [0.15, 0.2) is 0 Å². The quantitative estimate of drug-likeness (QED) is 0.538. The highest BCUT2D eigenvalue weighted by Crippen LogP contribution is 2.52. The maximum absolute atomic E-state index is 14.0. The summed E-state index contributed by atoms with van der Waals surface area (Å²) in [5.74, 6) is -1.14. The second kappa shape index (κ2) is 6.02. The SMILES string of the molecule is C[C@H]1O[C@H](C(C)(C)C)N2C(=O)[C@@]34O[C@@H]([C@@H](O)[C@H]3O)[C@@H](O)c3ccccc3N4C(=O)[C@H]12. The number of aliphatic hydroxyl groups excluding tert-OH is 3. The number of carbonyl (C=O) groups excluding carboxylic acids is 2. The number of hydrogen-bond acceptors (Lipinski definition) is 7. The summed E-state index contributed by atoms with van der Waals surface area (Å²) in [5, 5.41) is 32.6. The standard InChI is InChI=1S/C21H26N2O7/c1-9-12-17(27)23-11-8-6-5-7-10(11)13(24)15-14(25)16(26)21(23,30-15)18(28)22(12)19(29-9)20(2,3)4/h5-9,12-16,19,24-26H,1-4H3/t9-,12+,13+,14-,15-,16-,19-,21+/m1/s1. The molecule has 4 aliphatic heterocycles. The second-order valence-electron chi connectivity index (χ2n) is 9.61. The van der Waals surface area contributed by atoms with Gasteiger partial charge in [-0.2, -0.15) is 0 Å². The Kier molecular flexibility index (Phi) is 3.99. The molecule has 1 spiro atoms. The summed E-state index contributed by atoms with van der Waals surface area (Å²) in [6, 6.07) is 5.68. The molecule has 2 bridgehead atoms. The number of para-hydroxylation sites is 1. The second-order valence-corrected chi connectivity index (χ2v) is 9.61. The highest BCUT2D eigenvalue weighted by Gasteiger charge is 2.74. The zero-order chi connectivity index (χ0) is 21.7. The lowest BCUT2D eigenvalue weighted by Gasteiger charge is -2.50. The first-order valence-electron chi connectivity index (χ1n) is 10.1. The van der Waals surface area contributed by atoms with Gasteiger partial charge in [-0.1, -0.05) is 39.0 Å². The number of hydrogen-bond donors (Lipinski definition) is 3. The van der Waals surface area contributed by atoms with E-state index in [1.807, 2.05) is 20.8 Å². The third kappa shape index (κ3) is 2.19. The van der Waals surface area contributed by atoms with Crippen LogP contribution in [0.2, 0.25) is 0 Å². The number of amides is 2. The van der Waals surface area contributed by atoms with E-state index >= 15 is 0 Å². The van der Waals surface area contributed by atoms with Gasteiger partial charge in [-0.15, -0.1) is 0 Å². The fourth-order valence-electron chi connectivity index (χ4n) is 5.25. The van der Waals surface area contributed by atoms with Crippen molar-refractivity contribution in [3.05, 3.63) is 29.8 Å². The van der Waals surface area contributed by atoms with E-state index in [9.17, 15) is 24.9 Å². The molecule has 5 rings (SSSR count). The van der Waals surface area contributed by atoms with Crippen molar-refractivity contribution in [3.8, 4) is 0 Å². The molecule has 162 valence electrons. The molecule has 0 unspecified atom stereocenters. The van der Waals surface area contributed by atoms with Crippen LogP contribution in [-0.2, 0) is 19.1 Å². The number of anilines is 1. The van der Waals surface area contributed by atoms with E-state index in [1.165, 1.54) is 4.90 Å². The van der Waals surface area contributed by atoms with Crippen LogP contribution in [0, 0.1) is 5.41 Å². The molecular weight excluding hydrogens is 392 g/mol. The van der Waals surface area contributed by atoms with E-state index in [0.717, 1.165) is 4.90 Å². The van der Waals surface area contributed by atoms with Gasteiger partial charge in [0, 0.05) is 11.0 Å². The molecule has 3 saturated heterocycles. The molecule has 1 aromatic rings. The van der Waals surface area contributed by atoms with Crippen molar-refractivity contribution in [3.63, 3.8) is 0 Å². The summed E-state index contributed by atoms with van der Waals surface area (Å²) in [6.07, 6.45) is -7.19. The Morgan fingerprint density at radius 2 is 1.77 bits per heavy atom. The first-order chi connectivity index (χ1) is 14.0. The average molecular weight is 418 g/mol. The maximum Gasteiger partial charge on any atom is 0.282 e. The number of nitrogens with zero attached hydrogens (tertiary/aromatic N) is 2. The van der Waals surface area contributed by atoms with Gasteiger partial charge in [0.05, 0.1) is 11.8 Å². The lowest BCUT2D eigenvalue weighted by atomic mass is 9.86. The van der Waals surface area contributed by atoms with Crippen molar-refractivity contribution >= 4 is 17.5 Å². The van der Waals surface area contributed by atoms with Crippen LogP contribution in [0.3, 0.4) is 0 Å². The van der Waals surface area contributed by atoms with Crippen LogP contribution in [0.25, 0.3) is 0 Å². The maximum atomic E-state index is 14.0. The summed E-state index contributed by atoms with van der Waals surface area (Å²) in [4.78, 5) is 30.3. The normalized spacial score (nSPS) is 42.7. The molecule has 3 fully saturated rings. The Hall–Kier alpha value is -2.04. The topological polar surface area (TPSA) is 120 Å². The van der Waals surface area contributed by atoms with Crippen molar-refractivity contribution in [2.75, 3.05) is 4.90 Å². The highest BCUT2D eigenvalue weighted by atomic mass is 16.6. The summed E-state index contributed by atoms with van der Waals surface area (Å²) in [7, 11) is 0. The Balaban J connectivity index is 1.76. The van der Waals surface area contributed by atoms with Crippen LogP contribution in [0.5, 0.6) is 0 Å². The molecule has 1 aromatic carbocycles. The molecule has 9 heteroatoms. The van der Waals surface area contributed by atoms with Crippen molar-refractivity contribution in [1.82, 2.24) is 4.90 Å². The van der Waals surface area contributed by atoms with Gasteiger partial charge < -0.3 is 24.8 Å². The number of benzene rings is 1. The van der Waals surface area contributed by atoms with Crippen molar-refractivity contribution in [2.45, 2.75) is 76.2 Å². The molecule has 0 aliphatic carbocycles. The fraction of sp³-hybridized carbons (Fsp3) is 0.619. The number of rotatable bonds is 0. The van der Waals surface area contributed by atoms with E-state index in [2.05, 4.69) is 0 Å². The predicted molar refractivity (Wildman–Crippen MR) is 103 cm³/mol. The van der Waals surface area contributed by atoms with Gasteiger partial charge in [0.1, 0.15) is 36.7 Å². The van der Waals surface area contributed by atoms with Crippen LogP contribution in [0.15, 0.2) is 24.3 Å². The number of carbonyl (C=O) groups is 2. The lowest BCUT2D eigenvalue weighted by Crippen LogP contribution is -2.77. The van der Waals surface area contributed by atoms with Gasteiger partial charge in [0.25, 0.3) is 17.5 Å². The lowest BCUT2D eigenvalue weighted by molar-refractivity contribution is -0.188. The Morgan fingerprint density at radius 3 is 2.43 bits per heavy atom. The highest BCUT2D eigenvalue weighted by molar-refractivity contribution is 6.12. The van der Waals surface area contributed by atoms with Crippen molar-refractivity contribution in [1.29, 1.82) is 0 Å². The van der Waals surface area contributed by atoms with Crippen LogP contribution in [-0.4, -0.2) is 74.4 Å². The number of ether oxygens (including phenoxy) is 2. The molecule has 8 atom stereocenters. The molecule has 30 heavy (non-hydrogen) atoms. The minimum atomic E-state index is -2.18. The predicted octanol–water partition coefficient (Wildman–Crippen LogP) is -0.115. The molecule has 9 nitrogen and oxygen atoms in total. The van der Waals surface area contributed by atoms with E-state index in [-0.39, 0.29) is 5.69 Å². The van der Waals surface area contributed by atoms with Gasteiger partial charge in [-0.05, 0) is 13.0 Å². The molecule has 0 saturated carbocycles. The van der Waals surface area contributed by atoms with Crippen LogP contribution >= 0.6 is 0 Å². The zero-order valence-corrected chi connectivity index (χ0v) is 17.2. The first-order valence-corrected chi connectivity index (χ1v) is 10.1. The minimum Gasteiger partial charge on any atom is -0.387 e. The molecule has 4 heterocycles. The largest absolute Gasteiger partial charge is 0.387 e. The van der Waals surface area contributed by atoms with Crippen LogP contribution in [0.4, 0.5) is 5.69 Å². The molecule has 0 aromatic heterocycles. The van der Waals surface area contributed by atoms with Crippen molar-refractivity contribution in [2.24, 2.45) is 5.41 Å². The Labute approximate surface area is 173 Å². The Bertz CT molecular complexity index is 930. The van der Waals surface area contributed by atoms with Crippen molar-refractivity contribution < 1.29 is 34.4 Å². The summed E-state index contributed by atoms with van der Waals surface area (Å²) in [5.41, 5.74) is -2.06. The Morgan fingerprint density at radius 1 is 1.10 bits per heavy atom. The first kappa shape index (κ1) is 19.9.